The highest BCUT2D eigenvalue weighted by Crippen LogP contribution is 2.40. The van der Waals surface area contributed by atoms with Crippen LogP contribution in [0.5, 0.6) is 0 Å². The number of carbonyl (C=O) groups is 1. The first-order valence-electron chi connectivity index (χ1n) is 14.6. The van der Waals surface area contributed by atoms with E-state index < -0.39 is 0 Å². The van der Waals surface area contributed by atoms with Crippen LogP contribution in [0.3, 0.4) is 0 Å². The van der Waals surface area contributed by atoms with E-state index in [-0.39, 0.29) is 6.03 Å². The molecule has 2 fully saturated rings. The lowest BCUT2D eigenvalue weighted by Gasteiger charge is -2.33. The Hall–Kier alpha value is -3.39. The predicted molar refractivity (Wildman–Crippen MR) is 156 cm³/mol. The number of aryl methyl sites for hydroxylation is 1. The van der Waals surface area contributed by atoms with Crippen LogP contribution in [0.25, 0.3) is 27.8 Å². The van der Waals surface area contributed by atoms with Crippen LogP contribution in [0.1, 0.15) is 80.0 Å². The Morgan fingerprint density at radius 1 is 1.13 bits per heavy atom. The largest absolute Gasteiger partial charge is 0.354 e. The summed E-state index contributed by atoms with van der Waals surface area (Å²) in [5.41, 5.74) is 9.54. The Labute approximate surface area is 230 Å². The number of likely N-dealkylation sites (tertiary alicyclic amines) is 1. The molecule has 39 heavy (non-hydrogen) atoms. The lowest BCUT2D eigenvalue weighted by atomic mass is 9.87. The van der Waals surface area contributed by atoms with Gasteiger partial charge in [-0.1, -0.05) is 26.3 Å². The molecule has 2 saturated heterocycles. The summed E-state index contributed by atoms with van der Waals surface area (Å²) in [6.07, 6.45) is 9.36. The van der Waals surface area contributed by atoms with Crippen LogP contribution < -0.4 is 10.6 Å². The summed E-state index contributed by atoms with van der Waals surface area (Å²) in [5.74, 6) is 0.826. The summed E-state index contributed by atoms with van der Waals surface area (Å²) >= 11 is 0. The van der Waals surface area contributed by atoms with Crippen molar-refractivity contribution >= 4 is 22.6 Å². The minimum Gasteiger partial charge on any atom is -0.354 e. The van der Waals surface area contributed by atoms with Crippen molar-refractivity contribution in [3.8, 4) is 11.3 Å². The Kier molecular flexibility index (Phi) is 7.06. The second kappa shape index (κ2) is 10.6. The predicted octanol–water partition coefficient (Wildman–Crippen LogP) is 5.65. The van der Waals surface area contributed by atoms with Gasteiger partial charge in [0, 0.05) is 48.3 Å². The zero-order valence-corrected chi connectivity index (χ0v) is 23.7. The lowest BCUT2D eigenvalue weighted by Crippen LogP contribution is -2.49. The summed E-state index contributed by atoms with van der Waals surface area (Å²) in [7, 11) is 0. The average Bonchev–Trinajstić information content (AvgIpc) is 3.59. The Balaban J connectivity index is 1.21. The van der Waals surface area contributed by atoms with Gasteiger partial charge in [-0.05, 0) is 92.3 Å². The molecule has 5 heterocycles. The van der Waals surface area contributed by atoms with Gasteiger partial charge in [-0.3, -0.25) is 0 Å². The van der Waals surface area contributed by atoms with Crippen molar-refractivity contribution in [3.63, 3.8) is 0 Å². The molecular weight excluding hydrogens is 486 g/mol. The minimum absolute atomic E-state index is 0.0867. The summed E-state index contributed by atoms with van der Waals surface area (Å²) < 4.78 is 1.88. The number of nitrogens with zero attached hydrogens (tertiary/aromatic N) is 4. The van der Waals surface area contributed by atoms with Crippen molar-refractivity contribution in [2.24, 2.45) is 0 Å². The van der Waals surface area contributed by atoms with Gasteiger partial charge in [-0.2, -0.15) is 5.10 Å². The zero-order valence-electron chi connectivity index (χ0n) is 23.7. The summed E-state index contributed by atoms with van der Waals surface area (Å²) in [6, 6.07) is 7.42. The number of benzene rings is 1. The number of H-pyrrole nitrogens is 1. The number of aromatic nitrogens is 4. The number of fused-ring (bicyclic) bond motifs is 2. The van der Waals surface area contributed by atoms with Crippen molar-refractivity contribution in [2.75, 3.05) is 26.2 Å². The third-order valence-corrected chi connectivity index (χ3v) is 9.00. The average molecular weight is 528 g/mol. The van der Waals surface area contributed by atoms with Crippen molar-refractivity contribution in [3.05, 3.63) is 53.0 Å². The zero-order chi connectivity index (χ0) is 27.1. The van der Waals surface area contributed by atoms with E-state index in [0.29, 0.717) is 17.9 Å². The second-order valence-electron chi connectivity index (χ2n) is 11.8. The molecule has 0 aliphatic carbocycles. The van der Waals surface area contributed by atoms with Crippen molar-refractivity contribution in [1.29, 1.82) is 0 Å². The molecular formula is C31H41N7O. The first kappa shape index (κ1) is 25.9. The van der Waals surface area contributed by atoms with E-state index >= 15 is 0 Å². The van der Waals surface area contributed by atoms with Crippen LogP contribution in [-0.4, -0.2) is 62.7 Å². The molecule has 0 radical (unpaired) electrons. The van der Waals surface area contributed by atoms with E-state index in [1.165, 1.54) is 51.7 Å². The fourth-order valence-corrected chi connectivity index (χ4v) is 6.59. The van der Waals surface area contributed by atoms with Gasteiger partial charge in [-0.25, -0.2) is 14.3 Å². The monoisotopic (exact) mass is 527 g/mol. The molecule has 3 aromatic heterocycles. The third-order valence-electron chi connectivity index (χ3n) is 9.00. The third kappa shape index (κ3) is 4.91. The van der Waals surface area contributed by atoms with Gasteiger partial charge in [0.15, 0.2) is 5.65 Å². The normalized spacial score (nSPS) is 18.9. The maximum atomic E-state index is 12.8. The molecule has 1 aromatic carbocycles. The van der Waals surface area contributed by atoms with Crippen molar-refractivity contribution in [2.45, 2.75) is 77.7 Å². The van der Waals surface area contributed by atoms with Gasteiger partial charge in [0.1, 0.15) is 6.33 Å². The standard InChI is InChI=1S/C31H41N7O/c1-19(2)28-25-15-23(22-10-13-37(14-11-22)31(39)33-16-24-7-5-6-12-32-24)8-9-27(25)36-29(28)26-17-38-30(34-18-35-38)21(4)20(26)3/h8-9,15,17-19,22,24,32,36H,5-7,10-14,16H2,1-4H3,(H,33,39). The highest BCUT2D eigenvalue weighted by molar-refractivity contribution is 5.92. The van der Waals surface area contributed by atoms with E-state index in [1.807, 2.05) is 9.42 Å². The van der Waals surface area contributed by atoms with Crippen LogP contribution in [0.15, 0.2) is 30.7 Å². The first-order valence-corrected chi connectivity index (χ1v) is 14.6. The molecule has 2 amide bonds. The number of aromatic amines is 1. The number of carbonyl (C=O) groups excluding carboxylic acids is 1. The van der Waals surface area contributed by atoms with Gasteiger partial charge in [0.05, 0.1) is 5.69 Å². The number of rotatable bonds is 5. The summed E-state index contributed by atoms with van der Waals surface area (Å²) in [6.45, 7) is 12.2. The van der Waals surface area contributed by atoms with Crippen molar-refractivity contribution < 1.29 is 4.79 Å². The SMILES string of the molecule is Cc1c(-c2[nH]c3ccc(C4CCN(C(=O)NCC5CCCCN5)CC4)cc3c2C(C)C)cn2ncnc2c1C. The molecule has 206 valence electrons. The van der Waals surface area contributed by atoms with Crippen LogP contribution in [0.4, 0.5) is 4.79 Å². The second-order valence-corrected chi connectivity index (χ2v) is 11.8. The summed E-state index contributed by atoms with van der Waals surface area (Å²) in [4.78, 5) is 23.0. The molecule has 3 N–H and O–H groups in total. The van der Waals surface area contributed by atoms with Gasteiger partial charge < -0.3 is 20.5 Å². The molecule has 8 nitrogen and oxygen atoms in total. The van der Waals surface area contributed by atoms with E-state index in [0.717, 1.165) is 56.7 Å². The number of amides is 2. The Morgan fingerprint density at radius 3 is 2.69 bits per heavy atom. The molecule has 8 heteroatoms. The smallest absolute Gasteiger partial charge is 0.317 e. The molecule has 2 aliphatic rings. The van der Waals surface area contributed by atoms with Crippen LogP contribution in [-0.2, 0) is 0 Å². The van der Waals surface area contributed by atoms with Crippen LogP contribution in [0.2, 0.25) is 0 Å². The Morgan fingerprint density at radius 2 is 1.95 bits per heavy atom. The van der Waals surface area contributed by atoms with Gasteiger partial charge in [-0.15, -0.1) is 0 Å². The van der Waals surface area contributed by atoms with Crippen molar-refractivity contribution in [1.82, 2.24) is 35.1 Å². The van der Waals surface area contributed by atoms with Gasteiger partial charge >= 0.3 is 6.03 Å². The van der Waals surface area contributed by atoms with E-state index in [9.17, 15) is 4.79 Å². The molecule has 6 rings (SSSR count). The quantitative estimate of drug-likeness (QED) is 0.313. The molecule has 1 unspecified atom stereocenters. The number of hydrogen-bond acceptors (Lipinski definition) is 4. The Bertz CT molecular complexity index is 1490. The topological polar surface area (TPSA) is 90.4 Å². The molecule has 0 bridgehead atoms. The molecule has 4 aromatic rings. The molecule has 1 atom stereocenters. The molecule has 0 saturated carbocycles. The van der Waals surface area contributed by atoms with E-state index in [1.54, 1.807) is 6.33 Å². The van der Waals surface area contributed by atoms with E-state index in [2.05, 4.69) is 77.8 Å². The number of piperidine rings is 2. The highest BCUT2D eigenvalue weighted by atomic mass is 16.2. The number of urea groups is 1. The number of hydrogen-bond donors (Lipinski definition) is 3. The van der Waals surface area contributed by atoms with Gasteiger partial charge in [0.25, 0.3) is 0 Å². The van der Waals surface area contributed by atoms with Crippen LogP contribution in [0, 0.1) is 13.8 Å². The first-order chi connectivity index (χ1) is 18.9. The maximum Gasteiger partial charge on any atom is 0.317 e. The summed E-state index contributed by atoms with van der Waals surface area (Å²) in [5, 5.41) is 12.4. The number of pyridine rings is 1. The molecule has 0 spiro atoms. The van der Waals surface area contributed by atoms with Gasteiger partial charge in [0.2, 0.25) is 0 Å². The fraction of sp³-hybridized carbons (Fsp3) is 0.516. The highest BCUT2D eigenvalue weighted by Gasteiger charge is 2.26. The maximum absolute atomic E-state index is 12.8. The number of nitrogens with one attached hydrogen (secondary N) is 3. The lowest BCUT2D eigenvalue weighted by molar-refractivity contribution is 0.179. The minimum atomic E-state index is 0.0867. The van der Waals surface area contributed by atoms with E-state index in [4.69, 9.17) is 0 Å². The molecule has 2 aliphatic heterocycles. The fourth-order valence-electron chi connectivity index (χ4n) is 6.59. The van der Waals surface area contributed by atoms with Crippen LogP contribution >= 0.6 is 0 Å².